The van der Waals surface area contributed by atoms with Gasteiger partial charge < -0.3 is 15.6 Å². The van der Waals surface area contributed by atoms with Crippen LogP contribution in [0.2, 0.25) is 0 Å². The van der Waals surface area contributed by atoms with E-state index in [0.717, 1.165) is 16.9 Å². The van der Waals surface area contributed by atoms with E-state index in [0.29, 0.717) is 11.3 Å². The minimum Gasteiger partial charge on any atom is -0.506 e. The number of hydrogen-bond donors (Lipinski definition) is 3. The summed E-state index contributed by atoms with van der Waals surface area (Å²) in [6.07, 6.45) is 0.796. The van der Waals surface area contributed by atoms with Crippen molar-refractivity contribution in [1.82, 2.24) is 0 Å². The Balaban J connectivity index is 2.06. The van der Waals surface area contributed by atoms with Gasteiger partial charge in [-0.1, -0.05) is 6.07 Å². The molecule has 0 saturated carbocycles. The van der Waals surface area contributed by atoms with Crippen LogP contribution in [-0.4, -0.2) is 11.4 Å². The molecular formula is C13H12N2O2S. The van der Waals surface area contributed by atoms with E-state index in [1.54, 1.807) is 30.3 Å². The van der Waals surface area contributed by atoms with Crippen LogP contribution in [0.1, 0.15) is 10.4 Å². The minimum atomic E-state index is 0.0677. The number of nitrogens with two attached hydrogens (primary N) is 1. The predicted octanol–water partition coefficient (Wildman–Crippen LogP) is 2.91. The summed E-state index contributed by atoms with van der Waals surface area (Å²) in [5, 5.41) is 9.46. The molecule has 2 rings (SSSR count). The second-order valence-electron chi connectivity index (χ2n) is 3.63. The smallest absolute Gasteiger partial charge is 0.150 e. The summed E-state index contributed by atoms with van der Waals surface area (Å²) in [4.78, 5) is 11.3. The van der Waals surface area contributed by atoms with Crippen molar-refractivity contribution in [2.45, 2.75) is 4.90 Å². The van der Waals surface area contributed by atoms with E-state index in [1.165, 1.54) is 18.0 Å². The third-order valence-electron chi connectivity index (χ3n) is 2.37. The molecule has 0 aliphatic heterocycles. The van der Waals surface area contributed by atoms with Crippen LogP contribution in [0.5, 0.6) is 5.75 Å². The van der Waals surface area contributed by atoms with Crippen molar-refractivity contribution in [3.05, 3.63) is 48.0 Å². The standard InChI is InChI=1S/C13H12N2O2S/c14-13-11(17)2-1-3-12(13)18-15-10-6-4-9(8-16)5-7-10/h1-8,15,17H,14H2. The molecule has 0 fully saturated rings. The number of carbonyl (C=O) groups is 1. The molecule has 4 N–H and O–H groups in total. The molecule has 0 bridgehead atoms. The number of para-hydroxylation sites is 1. The molecule has 0 amide bonds. The Labute approximate surface area is 109 Å². The number of anilines is 2. The van der Waals surface area contributed by atoms with Gasteiger partial charge in [-0.2, -0.15) is 0 Å². The molecule has 5 heteroatoms. The molecule has 0 radical (unpaired) electrons. The van der Waals surface area contributed by atoms with Crippen LogP contribution in [0.3, 0.4) is 0 Å². The van der Waals surface area contributed by atoms with Gasteiger partial charge in [0.15, 0.2) is 0 Å². The fourth-order valence-electron chi connectivity index (χ4n) is 1.37. The fraction of sp³-hybridized carbons (Fsp3) is 0. The van der Waals surface area contributed by atoms with Crippen molar-refractivity contribution < 1.29 is 9.90 Å². The summed E-state index contributed by atoms with van der Waals surface area (Å²) in [6, 6.07) is 12.1. The monoisotopic (exact) mass is 260 g/mol. The van der Waals surface area contributed by atoms with Gasteiger partial charge in [-0.3, -0.25) is 4.79 Å². The number of phenolic OH excluding ortho intramolecular Hbond substituents is 1. The summed E-state index contributed by atoms with van der Waals surface area (Å²) < 4.78 is 3.09. The number of nitrogen functional groups attached to an aromatic ring is 1. The predicted molar refractivity (Wildman–Crippen MR) is 73.8 cm³/mol. The van der Waals surface area contributed by atoms with Crippen molar-refractivity contribution in [2.24, 2.45) is 0 Å². The molecule has 0 unspecified atom stereocenters. The zero-order valence-corrected chi connectivity index (χ0v) is 10.3. The van der Waals surface area contributed by atoms with Gasteiger partial charge in [0, 0.05) is 11.3 Å². The van der Waals surface area contributed by atoms with Crippen molar-refractivity contribution >= 4 is 29.6 Å². The van der Waals surface area contributed by atoms with Crippen molar-refractivity contribution in [1.29, 1.82) is 0 Å². The first kappa shape index (κ1) is 12.3. The number of phenols is 1. The van der Waals surface area contributed by atoms with Crippen LogP contribution in [0.4, 0.5) is 11.4 Å². The largest absolute Gasteiger partial charge is 0.506 e. The molecule has 0 saturated heterocycles. The van der Waals surface area contributed by atoms with Gasteiger partial charge in [0.05, 0.1) is 10.6 Å². The maximum atomic E-state index is 10.5. The van der Waals surface area contributed by atoms with E-state index in [1.807, 2.05) is 6.07 Å². The van der Waals surface area contributed by atoms with Crippen LogP contribution >= 0.6 is 11.9 Å². The van der Waals surface area contributed by atoms with E-state index >= 15 is 0 Å². The van der Waals surface area contributed by atoms with Crippen LogP contribution in [-0.2, 0) is 0 Å². The van der Waals surface area contributed by atoms with Gasteiger partial charge in [0.2, 0.25) is 0 Å². The first-order valence-corrected chi connectivity index (χ1v) is 6.08. The highest BCUT2D eigenvalue weighted by atomic mass is 32.2. The van der Waals surface area contributed by atoms with Gasteiger partial charge in [0.1, 0.15) is 12.0 Å². The topological polar surface area (TPSA) is 75.3 Å². The van der Waals surface area contributed by atoms with Crippen molar-refractivity contribution in [3.8, 4) is 5.75 Å². The Morgan fingerprint density at radius 1 is 1.17 bits per heavy atom. The van der Waals surface area contributed by atoms with E-state index in [9.17, 15) is 9.90 Å². The zero-order chi connectivity index (χ0) is 13.0. The number of carbonyl (C=O) groups excluding carboxylic acids is 1. The molecule has 0 spiro atoms. The highest BCUT2D eigenvalue weighted by Crippen LogP contribution is 2.32. The average molecular weight is 260 g/mol. The number of hydrogen-bond acceptors (Lipinski definition) is 5. The van der Waals surface area contributed by atoms with E-state index in [2.05, 4.69) is 4.72 Å². The summed E-state index contributed by atoms with van der Waals surface area (Å²) in [5.41, 5.74) is 7.56. The molecule has 2 aromatic carbocycles. The van der Waals surface area contributed by atoms with Crippen molar-refractivity contribution in [2.75, 3.05) is 10.5 Å². The second kappa shape index (κ2) is 5.46. The highest BCUT2D eigenvalue weighted by Gasteiger charge is 2.04. The first-order chi connectivity index (χ1) is 8.70. The molecule has 0 atom stereocenters. The van der Waals surface area contributed by atoms with E-state index in [4.69, 9.17) is 5.73 Å². The number of nitrogens with one attached hydrogen (secondary N) is 1. The van der Waals surface area contributed by atoms with Crippen LogP contribution in [0, 0.1) is 0 Å². The van der Waals surface area contributed by atoms with Gasteiger partial charge in [-0.05, 0) is 48.3 Å². The Morgan fingerprint density at radius 2 is 1.89 bits per heavy atom. The summed E-state index contributed by atoms with van der Waals surface area (Å²) in [5.74, 6) is 0.0677. The molecule has 18 heavy (non-hydrogen) atoms. The lowest BCUT2D eigenvalue weighted by Crippen LogP contribution is -1.92. The Kier molecular flexibility index (Phi) is 3.74. The summed E-state index contributed by atoms with van der Waals surface area (Å²) in [6.45, 7) is 0. The number of aromatic hydroxyl groups is 1. The maximum Gasteiger partial charge on any atom is 0.150 e. The summed E-state index contributed by atoms with van der Waals surface area (Å²) >= 11 is 1.30. The first-order valence-electron chi connectivity index (χ1n) is 5.26. The molecule has 0 aliphatic rings. The fourth-order valence-corrected chi connectivity index (χ4v) is 2.09. The molecular weight excluding hydrogens is 248 g/mol. The minimum absolute atomic E-state index is 0.0677. The molecule has 0 heterocycles. The van der Waals surface area contributed by atoms with Crippen LogP contribution < -0.4 is 10.5 Å². The Morgan fingerprint density at radius 3 is 2.56 bits per heavy atom. The van der Waals surface area contributed by atoms with Crippen LogP contribution in [0.25, 0.3) is 0 Å². The normalized spacial score (nSPS) is 10.0. The maximum absolute atomic E-state index is 10.5. The lowest BCUT2D eigenvalue weighted by molar-refractivity contribution is 0.112. The van der Waals surface area contributed by atoms with E-state index < -0.39 is 0 Å². The Bertz CT molecular complexity index is 555. The van der Waals surface area contributed by atoms with Gasteiger partial charge in [0.25, 0.3) is 0 Å². The third kappa shape index (κ3) is 2.75. The quantitative estimate of drug-likeness (QED) is 0.341. The van der Waals surface area contributed by atoms with Gasteiger partial charge in [-0.15, -0.1) is 0 Å². The SMILES string of the molecule is Nc1c(O)cccc1SNc1ccc(C=O)cc1. The van der Waals surface area contributed by atoms with Gasteiger partial charge in [-0.25, -0.2) is 0 Å². The van der Waals surface area contributed by atoms with E-state index in [-0.39, 0.29) is 5.75 Å². The number of rotatable bonds is 4. The zero-order valence-electron chi connectivity index (χ0n) is 9.46. The van der Waals surface area contributed by atoms with Gasteiger partial charge >= 0.3 is 0 Å². The molecule has 4 nitrogen and oxygen atoms in total. The molecule has 2 aromatic rings. The Hall–Kier alpha value is -2.14. The second-order valence-corrected chi connectivity index (χ2v) is 4.48. The molecule has 0 aliphatic carbocycles. The number of benzene rings is 2. The molecule has 92 valence electrons. The average Bonchev–Trinajstić information content (AvgIpc) is 2.41. The summed E-state index contributed by atoms with van der Waals surface area (Å²) in [7, 11) is 0. The lowest BCUT2D eigenvalue weighted by Gasteiger charge is -2.08. The van der Waals surface area contributed by atoms with Crippen molar-refractivity contribution in [3.63, 3.8) is 0 Å². The number of aldehydes is 1. The third-order valence-corrected chi connectivity index (χ3v) is 3.28. The highest BCUT2D eigenvalue weighted by molar-refractivity contribution is 8.00. The lowest BCUT2D eigenvalue weighted by atomic mass is 10.2. The molecule has 0 aromatic heterocycles. The van der Waals surface area contributed by atoms with Crippen LogP contribution in [0.15, 0.2) is 47.4 Å².